The predicted molar refractivity (Wildman–Crippen MR) is 158 cm³/mol. The van der Waals surface area contributed by atoms with E-state index in [0.29, 0.717) is 0 Å². The Balaban J connectivity index is 0.000000298. The van der Waals surface area contributed by atoms with E-state index in [1.54, 1.807) is 27.7 Å². The van der Waals surface area contributed by atoms with Gasteiger partial charge in [0, 0.05) is 54.1 Å². The van der Waals surface area contributed by atoms with Crippen LogP contribution in [0.2, 0.25) is 5.02 Å². The number of aliphatic hydroxyl groups is 1. The maximum atomic E-state index is 9.08. The number of para-hydroxylation sites is 1. The fraction of sp³-hybridized carbons (Fsp3) is 0.517. The molecule has 0 aliphatic carbocycles. The molecule has 2 aromatic rings. The summed E-state index contributed by atoms with van der Waals surface area (Å²) in [5.74, 6) is 0. The summed E-state index contributed by atoms with van der Waals surface area (Å²) >= 11 is 8.12. The van der Waals surface area contributed by atoms with E-state index in [9.17, 15) is 0 Å². The van der Waals surface area contributed by atoms with Gasteiger partial charge in [0.05, 0.1) is 30.1 Å². The average Bonchev–Trinajstić information content (AvgIpc) is 2.93. The number of nitriles is 2. The van der Waals surface area contributed by atoms with E-state index >= 15 is 0 Å². The number of benzene rings is 2. The number of halogens is 1. The van der Waals surface area contributed by atoms with Gasteiger partial charge in [-0.25, -0.2) is 0 Å². The molecule has 208 valence electrons. The van der Waals surface area contributed by atoms with Crippen molar-refractivity contribution < 1.29 is 5.11 Å². The summed E-state index contributed by atoms with van der Waals surface area (Å²) in [6, 6.07) is 18.8. The van der Waals surface area contributed by atoms with Crippen molar-refractivity contribution in [2.75, 3.05) is 57.3 Å². The lowest BCUT2D eigenvalue weighted by Gasteiger charge is -2.36. The monoisotopic (exact) mass is 567 g/mol. The van der Waals surface area contributed by atoms with Crippen LogP contribution >= 0.6 is 23.4 Å². The SMILES string of the molecule is CC(C)(C#N)N=NC(C)(C)C#N.OCCN1CCN(CCCN2c3ccccc3Sc3ccc(Cl)cc32)CC1. The van der Waals surface area contributed by atoms with Crippen molar-refractivity contribution >= 4 is 34.7 Å². The Bertz CT molecular complexity index is 1180. The van der Waals surface area contributed by atoms with E-state index in [-0.39, 0.29) is 6.61 Å². The van der Waals surface area contributed by atoms with Gasteiger partial charge in [0.1, 0.15) is 0 Å². The van der Waals surface area contributed by atoms with Crippen LogP contribution in [-0.2, 0) is 0 Å². The normalized spacial score (nSPS) is 16.1. The fourth-order valence-corrected chi connectivity index (χ4v) is 5.41. The summed E-state index contributed by atoms with van der Waals surface area (Å²) in [7, 11) is 0. The third kappa shape index (κ3) is 9.20. The molecule has 0 saturated carbocycles. The zero-order chi connectivity index (χ0) is 28.5. The van der Waals surface area contributed by atoms with Crippen molar-refractivity contribution in [3.8, 4) is 12.1 Å². The molecule has 0 radical (unpaired) electrons. The molecule has 0 unspecified atom stereocenters. The van der Waals surface area contributed by atoms with Crippen LogP contribution < -0.4 is 4.90 Å². The smallest absolute Gasteiger partial charge is 0.162 e. The maximum Gasteiger partial charge on any atom is 0.162 e. The van der Waals surface area contributed by atoms with Gasteiger partial charge in [0.2, 0.25) is 0 Å². The minimum atomic E-state index is -0.839. The van der Waals surface area contributed by atoms with Crippen molar-refractivity contribution in [1.29, 1.82) is 10.5 Å². The summed E-state index contributed by atoms with van der Waals surface area (Å²) in [6.07, 6.45) is 1.12. The van der Waals surface area contributed by atoms with E-state index in [1.807, 2.05) is 30.0 Å². The Morgan fingerprint density at radius 3 is 2.00 bits per heavy atom. The highest BCUT2D eigenvalue weighted by Crippen LogP contribution is 2.48. The van der Waals surface area contributed by atoms with Crippen LogP contribution in [0.4, 0.5) is 11.4 Å². The van der Waals surface area contributed by atoms with Crippen LogP contribution in [-0.4, -0.2) is 78.4 Å². The highest BCUT2D eigenvalue weighted by molar-refractivity contribution is 7.99. The number of anilines is 2. The molecule has 1 fully saturated rings. The van der Waals surface area contributed by atoms with E-state index in [1.165, 1.54) is 21.2 Å². The molecule has 2 aromatic carbocycles. The molecule has 0 amide bonds. The first-order chi connectivity index (χ1) is 18.6. The van der Waals surface area contributed by atoms with Crippen LogP contribution in [0.3, 0.4) is 0 Å². The van der Waals surface area contributed by atoms with Gasteiger partial charge < -0.3 is 14.9 Å². The zero-order valence-corrected chi connectivity index (χ0v) is 24.8. The van der Waals surface area contributed by atoms with Crippen LogP contribution in [0, 0.1) is 22.7 Å². The lowest BCUT2D eigenvalue weighted by Crippen LogP contribution is -2.47. The Morgan fingerprint density at radius 1 is 0.846 bits per heavy atom. The summed E-state index contributed by atoms with van der Waals surface area (Å²) in [6.45, 7) is 14.0. The summed E-state index contributed by atoms with van der Waals surface area (Å²) in [5.41, 5.74) is 0.825. The highest BCUT2D eigenvalue weighted by atomic mass is 35.5. The number of β-amino-alcohol motifs (C(OH)–C–C–N with tert-alkyl or cyclic N) is 1. The standard InChI is InChI=1S/C21H26ClN3OS.C8H12N4/c22-17-6-7-21-19(16-17)25(18-4-1-2-5-20(18)27-21)9-3-8-23-10-12-24(13-11-23)14-15-26;1-7(2,5-9)11-12-8(3,4)6-10/h1-2,4-7,16,26H,3,8-15H2;1-4H3. The number of hydrogen-bond donors (Lipinski definition) is 1. The minimum absolute atomic E-state index is 0.258. The topological polar surface area (TPSA) is 102 Å². The van der Waals surface area contributed by atoms with E-state index in [0.717, 1.165) is 57.3 Å². The number of piperazine rings is 1. The first kappa shape index (κ1) is 30.9. The fourth-order valence-electron chi connectivity index (χ4n) is 4.17. The Labute approximate surface area is 241 Å². The molecular weight excluding hydrogens is 530 g/mol. The van der Waals surface area contributed by atoms with Crippen molar-refractivity contribution in [2.45, 2.75) is 55.0 Å². The zero-order valence-electron chi connectivity index (χ0n) is 23.3. The third-order valence-electron chi connectivity index (χ3n) is 6.42. The van der Waals surface area contributed by atoms with E-state index in [4.69, 9.17) is 27.2 Å². The van der Waals surface area contributed by atoms with Crippen molar-refractivity contribution in [3.05, 3.63) is 47.5 Å². The van der Waals surface area contributed by atoms with Gasteiger partial charge in [0.25, 0.3) is 0 Å². The van der Waals surface area contributed by atoms with Gasteiger partial charge in [-0.05, 0) is 71.0 Å². The van der Waals surface area contributed by atoms with Gasteiger partial charge in [-0.15, -0.1) is 0 Å². The van der Waals surface area contributed by atoms with Gasteiger partial charge in [-0.1, -0.05) is 35.5 Å². The van der Waals surface area contributed by atoms with Crippen LogP contribution in [0.25, 0.3) is 0 Å². The molecule has 1 saturated heterocycles. The maximum absolute atomic E-state index is 9.08. The minimum Gasteiger partial charge on any atom is -0.395 e. The molecule has 0 bridgehead atoms. The first-order valence-corrected chi connectivity index (χ1v) is 14.4. The summed E-state index contributed by atoms with van der Waals surface area (Å²) in [5, 5.41) is 34.5. The molecule has 0 aromatic heterocycles. The second-order valence-corrected chi connectivity index (χ2v) is 12.2. The molecule has 10 heteroatoms. The van der Waals surface area contributed by atoms with Crippen LogP contribution in [0.1, 0.15) is 34.1 Å². The molecule has 39 heavy (non-hydrogen) atoms. The van der Waals surface area contributed by atoms with E-state index < -0.39 is 11.1 Å². The molecule has 2 aliphatic rings. The predicted octanol–water partition coefficient (Wildman–Crippen LogP) is 5.99. The third-order valence-corrected chi connectivity index (χ3v) is 7.79. The van der Waals surface area contributed by atoms with Crippen molar-refractivity contribution in [2.24, 2.45) is 10.2 Å². The molecule has 8 nitrogen and oxygen atoms in total. The molecule has 2 aliphatic heterocycles. The number of aliphatic hydroxyl groups excluding tert-OH is 1. The van der Waals surface area contributed by atoms with Gasteiger partial charge in [-0.2, -0.15) is 20.8 Å². The lowest BCUT2D eigenvalue weighted by molar-refractivity contribution is 0.112. The highest BCUT2D eigenvalue weighted by Gasteiger charge is 2.24. The number of azo groups is 1. The second-order valence-electron chi connectivity index (χ2n) is 10.6. The molecule has 0 spiro atoms. The quantitative estimate of drug-likeness (QED) is 0.391. The van der Waals surface area contributed by atoms with E-state index in [2.05, 4.69) is 61.3 Å². The second kappa shape index (κ2) is 14.1. The Morgan fingerprint density at radius 2 is 1.41 bits per heavy atom. The summed E-state index contributed by atoms with van der Waals surface area (Å²) < 4.78 is 0. The summed E-state index contributed by atoms with van der Waals surface area (Å²) in [4.78, 5) is 9.89. The first-order valence-electron chi connectivity index (χ1n) is 13.2. The molecule has 2 heterocycles. The van der Waals surface area contributed by atoms with Crippen molar-refractivity contribution in [3.63, 3.8) is 0 Å². The number of nitrogens with zero attached hydrogens (tertiary/aromatic N) is 7. The molecular formula is C29H38ClN7OS. The number of fused-ring (bicyclic) bond motifs is 2. The van der Waals surface area contributed by atoms with Crippen LogP contribution in [0.5, 0.6) is 0 Å². The van der Waals surface area contributed by atoms with Crippen molar-refractivity contribution in [1.82, 2.24) is 9.80 Å². The van der Waals surface area contributed by atoms with Gasteiger partial charge in [-0.3, -0.25) is 4.90 Å². The number of hydrogen-bond acceptors (Lipinski definition) is 9. The Kier molecular flexibility index (Phi) is 11.2. The van der Waals surface area contributed by atoms with Crippen LogP contribution in [0.15, 0.2) is 62.5 Å². The Hall–Kier alpha value is -2.66. The largest absolute Gasteiger partial charge is 0.395 e. The molecule has 1 N–H and O–H groups in total. The molecule has 4 rings (SSSR count). The molecule has 0 atom stereocenters. The average molecular weight is 568 g/mol. The van der Waals surface area contributed by atoms with Gasteiger partial charge in [0.15, 0.2) is 11.1 Å². The van der Waals surface area contributed by atoms with Gasteiger partial charge >= 0.3 is 0 Å². The number of rotatable bonds is 8. The lowest BCUT2D eigenvalue weighted by atomic mass is 10.1.